The Hall–Kier alpha value is -2.66. The highest BCUT2D eigenvalue weighted by molar-refractivity contribution is 5.99. The molecule has 0 fully saturated rings. The number of aromatic nitrogens is 2. The Morgan fingerprint density at radius 2 is 2.09 bits per heavy atom. The maximum absolute atomic E-state index is 11.8. The van der Waals surface area contributed by atoms with Crippen LogP contribution in [0.1, 0.15) is 21.6 Å². The lowest BCUT2D eigenvalue weighted by Gasteiger charge is -2.17. The van der Waals surface area contributed by atoms with Crippen molar-refractivity contribution >= 4 is 16.9 Å². The zero-order valence-electron chi connectivity index (χ0n) is 11.9. The quantitative estimate of drug-likeness (QED) is 0.676. The van der Waals surface area contributed by atoms with Crippen molar-refractivity contribution in [3.8, 4) is 11.1 Å². The Morgan fingerprint density at radius 1 is 1.18 bits per heavy atom. The van der Waals surface area contributed by atoms with Crippen molar-refractivity contribution in [2.24, 2.45) is 0 Å². The van der Waals surface area contributed by atoms with Gasteiger partial charge in [-0.15, -0.1) is 0 Å². The topological polar surface area (TPSA) is 78.0 Å². The maximum atomic E-state index is 11.8. The molecule has 110 valence electrons. The van der Waals surface area contributed by atoms with Crippen molar-refractivity contribution < 1.29 is 9.90 Å². The summed E-state index contributed by atoms with van der Waals surface area (Å²) in [5, 5.41) is 13.0. The van der Waals surface area contributed by atoms with Gasteiger partial charge < -0.3 is 15.4 Å². The number of aromatic amines is 1. The monoisotopic (exact) mass is 293 g/mol. The molecule has 5 heteroatoms. The van der Waals surface area contributed by atoms with Crippen molar-refractivity contribution in [1.29, 1.82) is 0 Å². The number of hydrogen-bond donors (Lipinski definition) is 3. The van der Waals surface area contributed by atoms with Crippen LogP contribution in [0.25, 0.3) is 22.2 Å². The number of rotatable bonds is 2. The summed E-state index contributed by atoms with van der Waals surface area (Å²) in [6, 6.07) is 9.72. The van der Waals surface area contributed by atoms with E-state index in [0.29, 0.717) is 12.2 Å². The SMILES string of the molecule is O=C1NCCc2cc(-c3c[nH]c4nc(CO)ccc34)ccc21. The molecule has 0 atom stereocenters. The van der Waals surface area contributed by atoms with Gasteiger partial charge in [0.2, 0.25) is 0 Å². The highest BCUT2D eigenvalue weighted by Gasteiger charge is 2.17. The minimum Gasteiger partial charge on any atom is -0.390 e. The maximum Gasteiger partial charge on any atom is 0.251 e. The van der Waals surface area contributed by atoms with Crippen molar-refractivity contribution in [3.63, 3.8) is 0 Å². The van der Waals surface area contributed by atoms with E-state index >= 15 is 0 Å². The summed E-state index contributed by atoms with van der Waals surface area (Å²) in [6.07, 6.45) is 2.77. The average molecular weight is 293 g/mol. The van der Waals surface area contributed by atoms with E-state index in [4.69, 9.17) is 5.11 Å². The van der Waals surface area contributed by atoms with Gasteiger partial charge in [0, 0.05) is 29.3 Å². The van der Waals surface area contributed by atoms with E-state index in [2.05, 4.69) is 21.4 Å². The first-order valence-corrected chi connectivity index (χ1v) is 7.25. The van der Waals surface area contributed by atoms with Gasteiger partial charge in [0.1, 0.15) is 5.65 Å². The zero-order chi connectivity index (χ0) is 15.1. The number of pyridine rings is 1. The number of carbonyl (C=O) groups excluding carboxylic acids is 1. The van der Waals surface area contributed by atoms with Gasteiger partial charge in [-0.1, -0.05) is 12.1 Å². The van der Waals surface area contributed by atoms with Crippen LogP contribution in [0.5, 0.6) is 0 Å². The van der Waals surface area contributed by atoms with Crippen LogP contribution in [0.2, 0.25) is 0 Å². The number of amides is 1. The second kappa shape index (κ2) is 4.96. The van der Waals surface area contributed by atoms with Crippen LogP contribution in [0.15, 0.2) is 36.5 Å². The van der Waals surface area contributed by atoms with Crippen LogP contribution in [0.3, 0.4) is 0 Å². The Bertz CT molecular complexity index is 883. The fraction of sp³-hybridized carbons (Fsp3) is 0.176. The predicted molar refractivity (Wildman–Crippen MR) is 83.5 cm³/mol. The van der Waals surface area contributed by atoms with E-state index < -0.39 is 0 Å². The summed E-state index contributed by atoms with van der Waals surface area (Å²) in [7, 11) is 0. The third-order valence-corrected chi connectivity index (χ3v) is 4.10. The lowest BCUT2D eigenvalue weighted by atomic mass is 9.95. The highest BCUT2D eigenvalue weighted by Crippen LogP contribution is 2.30. The number of nitrogens with zero attached hydrogens (tertiary/aromatic N) is 1. The Morgan fingerprint density at radius 3 is 2.95 bits per heavy atom. The Labute approximate surface area is 127 Å². The Balaban J connectivity index is 1.83. The molecule has 0 aliphatic carbocycles. The largest absolute Gasteiger partial charge is 0.390 e. The molecule has 4 rings (SSSR count). The highest BCUT2D eigenvalue weighted by atomic mass is 16.3. The minimum absolute atomic E-state index is 0.000908. The molecular weight excluding hydrogens is 278 g/mol. The van der Waals surface area contributed by atoms with E-state index in [1.165, 1.54) is 0 Å². The smallest absolute Gasteiger partial charge is 0.251 e. The molecule has 3 aromatic rings. The molecule has 1 aromatic carbocycles. The molecule has 0 bridgehead atoms. The van der Waals surface area contributed by atoms with Crippen LogP contribution in [-0.4, -0.2) is 27.5 Å². The van der Waals surface area contributed by atoms with Gasteiger partial charge in [0.05, 0.1) is 12.3 Å². The van der Waals surface area contributed by atoms with E-state index in [9.17, 15) is 4.79 Å². The van der Waals surface area contributed by atoms with Crippen LogP contribution < -0.4 is 5.32 Å². The molecular formula is C17H15N3O2. The summed E-state index contributed by atoms with van der Waals surface area (Å²) < 4.78 is 0. The molecule has 0 saturated carbocycles. The fourth-order valence-corrected chi connectivity index (χ4v) is 2.97. The van der Waals surface area contributed by atoms with Crippen LogP contribution in [-0.2, 0) is 13.0 Å². The molecule has 0 unspecified atom stereocenters. The number of aliphatic hydroxyl groups is 1. The van der Waals surface area contributed by atoms with Crippen molar-refractivity contribution in [2.75, 3.05) is 6.54 Å². The molecule has 22 heavy (non-hydrogen) atoms. The molecule has 0 saturated heterocycles. The summed E-state index contributed by atoms with van der Waals surface area (Å²) in [5.74, 6) is 0.000908. The van der Waals surface area contributed by atoms with Gasteiger partial charge in [-0.2, -0.15) is 0 Å². The lowest BCUT2D eigenvalue weighted by Crippen LogP contribution is -2.31. The van der Waals surface area contributed by atoms with Crippen LogP contribution in [0.4, 0.5) is 0 Å². The number of aliphatic hydroxyl groups excluding tert-OH is 1. The molecule has 0 spiro atoms. The summed E-state index contributed by atoms with van der Waals surface area (Å²) in [5.41, 5.74) is 5.37. The van der Waals surface area contributed by atoms with E-state index in [-0.39, 0.29) is 12.5 Å². The average Bonchev–Trinajstić information content (AvgIpc) is 2.97. The molecule has 1 amide bonds. The van der Waals surface area contributed by atoms with Gasteiger partial charge in [0.25, 0.3) is 5.91 Å². The lowest BCUT2D eigenvalue weighted by molar-refractivity contribution is 0.0946. The molecule has 3 N–H and O–H groups in total. The second-order valence-corrected chi connectivity index (χ2v) is 5.44. The first kappa shape index (κ1) is 13.0. The van der Waals surface area contributed by atoms with Crippen LogP contribution >= 0.6 is 0 Å². The van der Waals surface area contributed by atoms with Crippen molar-refractivity contribution in [1.82, 2.24) is 15.3 Å². The predicted octanol–water partition coefficient (Wildman–Crippen LogP) is 2.01. The number of fused-ring (bicyclic) bond motifs is 2. The second-order valence-electron chi connectivity index (χ2n) is 5.44. The van der Waals surface area contributed by atoms with Crippen molar-refractivity contribution in [2.45, 2.75) is 13.0 Å². The first-order valence-electron chi connectivity index (χ1n) is 7.25. The van der Waals surface area contributed by atoms with Crippen molar-refractivity contribution in [3.05, 3.63) is 53.3 Å². The van der Waals surface area contributed by atoms with Gasteiger partial charge in [-0.25, -0.2) is 4.98 Å². The summed E-state index contributed by atoms with van der Waals surface area (Å²) >= 11 is 0. The zero-order valence-corrected chi connectivity index (χ0v) is 11.9. The fourth-order valence-electron chi connectivity index (χ4n) is 2.97. The Kier molecular flexibility index (Phi) is 2.94. The molecule has 1 aliphatic rings. The first-order chi connectivity index (χ1) is 10.8. The molecule has 1 aliphatic heterocycles. The third-order valence-electron chi connectivity index (χ3n) is 4.10. The van der Waals surface area contributed by atoms with E-state index in [0.717, 1.165) is 39.7 Å². The van der Waals surface area contributed by atoms with E-state index in [1.54, 1.807) is 0 Å². The molecule has 0 radical (unpaired) electrons. The van der Waals surface area contributed by atoms with E-state index in [1.807, 2.05) is 30.5 Å². The minimum atomic E-state index is -0.0712. The number of H-pyrrole nitrogens is 1. The summed E-state index contributed by atoms with van der Waals surface area (Å²) in [6.45, 7) is 0.614. The molecule has 3 heterocycles. The number of nitrogens with one attached hydrogen (secondary N) is 2. The van der Waals surface area contributed by atoms with Gasteiger partial charge in [-0.3, -0.25) is 4.79 Å². The molecule has 5 nitrogen and oxygen atoms in total. The van der Waals surface area contributed by atoms with Gasteiger partial charge in [0.15, 0.2) is 0 Å². The third kappa shape index (κ3) is 1.98. The normalized spacial score (nSPS) is 14.0. The standard InChI is InChI=1S/C17H15N3O2/c21-9-12-2-4-14-15(8-19-16(14)20-12)10-1-3-13-11(7-10)5-6-18-17(13)22/h1-4,7-8,21H,5-6,9H2,(H,18,22)(H,19,20). The summed E-state index contributed by atoms with van der Waals surface area (Å²) in [4.78, 5) is 19.3. The number of benzene rings is 1. The van der Waals surface area contributed by atoms with Gasteiger partial charge in [-0.05, 0) is 35.7 Å². The molecule has 2 aromatic heterocycles. The van der Waals surface area contributed by atoms with Gasteiger partial charge >= 0.3 is 0 Å². The number of hydrogen-bond acceptors (Lipinski definition) is 3. The van der Waals surface area contributed by atoms with Crippen LogP contribution in [0, 0.1) is 0 Å². The number of carbonyl (C=O) groups is 1.